The second-order valence-corrected chi connectivity index (χ2v) is 6.26. The van der Waals surface area contributed by atoms with E-state index in [0.29, 0.717) is 6.42 Å². The van der Waals surface area contributed by atoms with E-state index in [1.165, 1.54) is 0 Å². The summed E-state index contributed by atoms with van der Waals surface area (Å²) in [6, 6.07) is 22.1. The van der Waals surface area contributed by atoms with E-state index in [1.807, 2.05) is 60.7 Å². The number of Topliss-reactive ketones (excluding diaryl/α,β-unsaturated/α-hetero) is 1. The van der Waals surface area contributed by atoms with Crippen molar-refractivity contribution in [2.45, 2.75) is 31.6 Å². The summed E-state index contributed by atoms with van der Waals surface area (Å²) in [5.41, 5.74) is 0.370. The van der Waals surface area contributed by atoms with Crippen LogP contribution in [0.15, 0.2) is 60.7 Å². The van der Waals surface area contributed by atoms with Crippen molar-refractivity contribution >= 4 is 5.78 Å². The molecule has 0 amide bonds. The van der Waals surface area contributed by atoms with Gasteiger partial charge >= 0.3 is 0 Å². The quantitative estimate of drug-likeness (QED) is 0.829. The van der Waals surface area contributed by atoms with E-state index in [1.54, 1.807) is 6.92 Å². The van der Waals surface area contributed by atoms with Gasteiger partial charge in [-0.15, -0.1) is 0 Å². The smallest absolute Gasteiger partial charge is 0.167 e. The molecular formula is C20H19NO. The molecule has 3 rings (SSSR count). The van der Waals surface area contributed by atoms with Crippen LogP contribution in [0, 0.1) is 16.7 Å². The molecule has 0 N–H and O–H groups in total. The molecule has 2 nitrogen and oxygen atoms in total. The van der Waals surface area contributed by atoms with E-state index in [9.17, 15) is 10.1 Å². The summed E-state index contributed by atoms with van der Waals surface area (Å²) in [5.74, 6) is 0.0335. The van der Waals surface area contributed by atoms with Crippen molar-refractivity contribution < 1.29 is 4.79 Å². The Morgan fingerprint density at radius 3 is 1.86 bits per heavy atom. The number of benzene rings is 2. The number of nitrogens with zero attached hydrogens (tertiary/aromatic N) is 1. The third-order valence-electron chi connectivity index (χ3n) is 4.90. The maximum Gasteiger partial charge on any atom is 0.167 e. The molecule has 110 valence electrons. The van der Waals surface area contributed by atoms with Crippen LogP contribution in [-0.4, -0.2) is 5.78 Å². The van der Waals surface area contributed by atoms with Crippen LogP contribution in [0.1, 0.15) is 37.3 Å². The monoisotopic (exact) mass is 289 g/mol. The van der Waals surface area contributed by atoms with Crippen molar-refractivity contribution in [1.82, 2.24) is 0 Å². The van der Waals surface area contributed by atoms with Crippen LogP contribution in [0.25, 0.3) is 0 Å². The molecule has 0 aromatic heterocycles. The fourth-order valence-corrected chi connectivity index (χ4v) is 3.67. The second kappa shape index (κ2) is 5.42. The molecule has 0 bridgehead atoms. The van der Waals surface area contributed by atoms with Crippen molar-refractivity contribution in [2.75, 3.05) is 0 Å². The fourth-order valence-electron chi connectivity index (χ4n) is 3.67. The fraction of sp³-hybridized carbons (Fsp3) is 0.300. The van der Waals surface area contributed by atoms with Crippen molar-refractivity contribution in [3.8, 4) is 6.07 Å². The van der Waals surface area contributed by atoms with E-state index in [4.69, 9.17) is 0 Å². The summed E-state index contributed by atoms with van der Waals surface area (Å²) < 4.78 is 0. The molecule has 2 aromatic rings. The number of carbonyl (C=O) groups excluding carboxylic acids is 1. The maximum atomic E-state index is 13.4. The van der Waals surface area contributed by atoms with E-state index in [-0.39, 0.29) is 5.78 Å². The molecular weight excluding hydrogens is 270 g/mol. The van der Waals surface area contributed by atoms with Gasteiger partial charge in [0.1, 0.15) is 5.41 Å². The molecule has 1 aliphatic rings. The number of ketones is 1. The van der Waals surface area contributed by atoms with E-state index >= 15 is 0 Å². The summed E-state index contributed by atoms with van der Waals surface area (Å²) in [6.07, 6.45) is 2.28. The van der Waals surface area contributed by atoms with Crippen LogP contribution in [0.2, 0.25) is 0 Å². The van der Waals surface area contributed by atoms with Gasteiger partial charge in [-0.05, 0) is 37.3 Å². The predicted molar refractivity (Wildman–Crippen MR) is 86.2 cm³/mol. The van der Waals surface area contributed by atoms with Crippen molar-refractivity contribution in [3.63, 3.8) is 0 Å². The lowest BCUT2D eigenvalue weighted by molar-refractivity contribution is -0.132. The number of hydrogen-bond acceptors (Lipinski definition) is 2. The Kier molecular flexibility index (Phi) is 3.58. The summed E-state index contributed by atoms with van der Waals surface area (Å²) in [5, 5.41) is 9.58. The first-order chi connectivity index (χ1) is 10.6. The molecule has 22 heavy (non-hydrogen) atoms. The zero-order valence-electron chi connectivity index (χ0n) is 12.8. The highest BCUT2D eigenvalue weighted by Gasteiger charge is 2.52. The average Bonchev–Trinajstić information content (AvgIpc) is 2.59. The molecule has 0 aliphatic heterocycles. The van der Waals surface area contributed by atoms with Gasteiger partial charge in [0.05, 0.1) is 11.5 Å². The molecule has 0 heterocycles. The molecule has 0 radical (unpaired) electrons. The Morgan fingerprint density at radius 1 is 0.909 bits per heavy atom. The van der Waals surface area contributed by atoms with Gasteiger partial charge in [0.25, 0.3) is 0 Å². The molecule has 1 aliphatic carbocycles. The minimum Gasteiger partial charge on any atom is -0.297 e. The Balaban J connectivity index is 2.26. The average molecular weight is 289 g/mol. The number of rotatable bonds is 2. The SMILES string of the molecule is CC1(C#N)CCCC(c2ccccc2)(c2ccccc2)C1=O. The number of hydrogen-bond donors (Lipinski definition) is 0. The van der Waals surface area contributed by atoms with E-state index < -0.39 is 10.8 Å². The number of nitriles is 1. The summed E-state index contributed by atoms with van der Waals surface area (Å²) in [4.78, 5) is 13.4. The standard InChI is InChI=1S/C20H19NO/c1-19(15-21)13-8-14-20(18(19)22,16-9-4-2-5-10-16)17-11-6-3-7-12-17/h2-7,9-12H,8,13-14H2,1H3. The summed E-state index contributed by atoms with van der Waals surface area (Å²) >= 11 is 0. The molecule has 2 heteroatoms. The van der Waals surface area contributed by atoms with Gasteiger partial charge in [0.2, 0.25) is 0 Å². The first-order valence-electron chi connectivity index (χ1n) is 7.71. The van der Waals surface area contributed by atoms with Gasteiger partial charge < -0.3 is 0 Å². The molecule has 1 atom stereocenters. The van der Waals surface area contributed by atoms with E-state index in [0.717, 1.165) is 24.0 Å². The van der Waals surface area contributed by atoms with Crippen LogP contribution in [0.5, 0.6) is 0 Å². The van der Waals surface area contributed by atoms with Crippen LogP contribution in [0.4, 0.5) is 0 Å². The lowest BCUT2D eigenvalue weighted by Gasteiger charge is -2.42. The Morgan fingerprint density at radius 2 is 1.41 bits per heavy atom. The lowest BCUT2D eigenvalue weighted by Crippen LogP contribution is -2.49. The molecule has 1 unspecified atom stereocenters. The topological polar surface area (TPSA) is 40.9 Å². The van der Waals surface area contributed by atoms with Gasteiger partial charge in [-0.2, -0.15) is 5.26 Å². The first-order valence-corrected chi connectivity index (χ1v) is 7.71. The highest BCUT2D eigenvalue weighted by atomic mass is 16.1. The Labute approximate surface area is 131 Å². The maximum absolute atomic E-state index is 13.4. The summed E-state index contributed by atoms with van der Waals surface area (Å²) in [7, 11) is 0. The van der Waals surface area contributed by atoms with Gasteiger partial charge in [-0.25, -0.2) is 0 Å². The molecule has 1 fully saturated rings. The van der Waals surface area contributed by atoms with Crippen molar-refractivity contribution in [3.05, 3.63) is 71.8 Å². The van der Waals surface area contributed by atoms with Crippen LogP contribution in [-0.2, 0) is 10.2 Å². The van der Waals surface area contributed by atoms with Gasteiger partial charge in [-0.3, -0.25) is 4.79 Å². The minimum absolute atomic E-state index is 0.0335. The van der Waals surface area contributed by atoms with Gasteiger partial charge in [-0.1, -0.05) is 60.7 Å². The number of carbonyl (C=O) groups is 1. The molecule has 0 spiro atoms. The highest BCUT2D eigenvalue weighted by Crippen LogP contribution is 2.48. The highest BCUT2D eigenvalue weighted by molar-refractivity contribution is 6.00. The van der Waals surface area contributed by atoms with Crippen LogP contribution in [0.3, 0.4) is 0 Å². The largest absolute Gasteiger partial charge is 0.297 e. The Bertz CT molecular complexity index is 675. The van der Waals surface area contributed by atoms with Gasteiger partial charge in [0, 0.05) is 0 Å². The summed E-state index contributed by atoms with van der Waals surface area (Å²) in [6.45, 7) is 1.79. The third kappa shape index (κ3) is 2.05. The van der Waals surface area contributed by atoms with Crippen molar-refractivity contribution in [2.24, 2.45) is 5.41 Å². The Hall–Kier alpha value is -2.40. The zero-order chi connectivity index (χ0) is 15.6. The van der Waals surface area contributed by atoms with Crippen LogP contribution >= 0.6 is 0 Å². The molecule has 0 saturated heterocycles. The molecule has 2 aromatic carbocycles. The minimum atomic E-state index is -0.913. The predicted octanol–water partition coefficient (Wildman–Crippen LogP) is 4.26. The normalized spacial score (nSPS) is 23.7. The van der Waals surface area contributed by atoms with Crippen molar-refractivity contribution in [1.29, 1.82) is 5.26 Å². The van der Waals surface area contributed by atoms with Gasteiger partial charge in [0.15, 0.2) is 5.78 Å². The molecule has 1 saturated carbocycles. The lowest BCUT2D eigenvalue weighted by atomic mass is 9.57. The second-order valence-electron chi connectivity index (χ2n) is 6.26. The van der Waals surface area contributed by atoms with Crippen LogP contribution < -0.4 is 0 Å². The zero-order valence-corrected chi connectivity index (χ0v) is 12.8. The third-order valence-corrected chi connectivity index (χ3v) is 4.90. The first kappa shape index (κ1) is 14.5. The van der Waals surface area contributed by atoms with E-state index in [2.05, 4.69) is 6.07 Å².